The number of para-hydroxylation sites is 1. The quantitative estimate of drug-likeness (QED) is 0.558. The molecule has 33 heavy (non-hydrogen) atoms. The highest BCUT2D eigenvalue weighted by Crippen LogP contribution is 2.38. The van der Waals surface area contributed by atoms with Crippen molar-refractivity contribution >= 4 is 33.3 Å². The van der Waals surface area contributed by atoms with Crippen LogP contribution in [0.5, 0.6) is 0 Å². The molecule has 1 aromatic carbocycles. The van der Waals surface area contributed by atoms with Gasteiger partial charge >= 0.3 is 0 Å². The van der Waals surface area contributed by atoms with Crippen molar-refractivity contribution in [2.45, 2.75) is 51.4 Å². The van der Waals surface area contributed by atoms with Crippen LogP contribution in [-0.2, 0) is 16.1 Å². The van der Waals surface area contributed by atoms with Gasteiger partial charge in [0.2, 0.25) is 5.91 Å². The highest BCUT2D eigenvalue weighted by Gasteiger charge is 2.32. The summed E-state index contributed by atoms with van der Waals surface area (Å²) in [7, 11) is 0. The fraction of sp³-hybridized carbons (Fsp3) is 0.423. The second-order valence-corrected chi connectivity index (χ2v) is 10.1. The number of pyridine rings is 1. The third-order valence-corrected chi connectivity index (χ3v) is 7.58. The maximum Gasteiger partial charge on any atom is 0.224 e. The Morgan fingerprint density at radius 1 is 1.12 bits per heavy atom. The van der Waals surface area contributed by atoms with E-state index < -0.39 is 0 Å². The highest BCUT2D eigenvalue weighted by atomic mass is 32.1. The standard InChI is InChI=1S/C26H30N4O2S/c1-17-15-30(16-18(2)32-17)24-12-11-19(13-27-24)14-28-25(31)20-7-3-4-8-21(20)26-29-22-9-5-6-10-23(22)33-26/h3-6,9-13,17-18,20-21H,7-8,14-16H2,1-2H3,(H,28,31). The Balaban J connectivity index is 1.23. The zero-order valence-electron chi connectivity index (χ0n) is 19.1. The fourth-order valence-electron chi connectivity index (χ4n) is 4.82. The van der Waals surface area contributed by atoms with E-state index in [-0.39, 0.29) is 30.0 Å². The van der Waals surface area contributed by atoms with Gasteiger partial charge in [-0.25, -0.2) is 9.97 Å². The van der Waals surface area contributed by atoms with Gasteiger partial charge in [-0.15, -0.1) is 11.3 Å². The summed E-state index contributed by atoms with van der Waals surface area (Å²) in [6.45, 7) is 6.35. The van der Waals surface area contributed by atoms with Crippen LogP contribution < -0.4 is 10.2 Å². The SMILES string of the molecule is CC1CN(c2ccc(CNC(=O)C3CC=CCC3c3nc4ccccc4s3)cn2)CC(C)O1. The largest absolute Gasteiger partial charge is 0.372 e. The van der Waals surface area contributed by atoms with Gasteiger partial charge in [-0.05, 0) is 50.5 Å². The van der Waals surface area contributed by atoms with E-state index in [0.717, 1.165) is 47.8 Å². The van der Waals surface area contributed by atoms with Gasteiger partial charge < -0.3 is 15.0 Å². The summed E-state index contributed by atoms with van der Waals surface area (Å²) in [5.41, 5.74) is 2.02. The van der Waals surface area contributed by atoms with Gasteiger partial charge in [0.05, 0.1) is 33.4 Å². The monoisotopic (exact) mass is 462 g/mol. The molecule has 7 heteroatoms. The van der Waals surface area contributed by atoms with E-state index in [1.165, 1.54) is 4.70 Å². The molecule has 0 radical (unpaired) electrons. The summed E-state index contributed by atoms with van der Waals surface area (Å²) in [4.78, 5) is 24.9. The predicted molar refractivity (Wildman–Crippen MR) is 133 cm³/mol. The first-order chi connectivity index (χ1) is 16.1. The number of nitrogens with zero attached hydrogens (tertiary/aromatic N) is 3. The minimum atomic E-state index is -0.0980. The average molecular weight is 463 g/mol. The number of aromatic nitrogens is 2. The van der Waals surface area contributed by atoms with E-state index in [1.54, 1.807) is 11.3 Å². The van der Waals surface area contributed by atoms with E-state index in [9.17, 15) is 4.79 Å². The van der Waals surface area contributed by atoms with Crippen molar-refractivity contribution in [2.24, 2.45) is 5.92 Å². The van der Waals surface area contributed by atoms with Gasteiger partial charge in [-0.1, -0.05) is 30.4 Å². The van der Waals surface area contributed by atoms with E-state index in [4.69, 9.17) is 9.72 Å². The van der Waals surface area contributed by atoms with Crippen LogP contribution in [0.25, 0.3) is 10.2 Å². The number of nitrogens with one attached hydrogen (secondary N) is 1. The molecule has 0 spiro atoms. The molecule has 6 nitrogen and oxygen atoms in total. The number of ether oxygens (including phenoxy) is 1. The second kappa shape index (κ2) is 9.61. The van der Waals surface area contributed by atoms with E-state index in [0.29, 0.717) is 6.54 Å². The van der Waals surface area contributed by atoms with Crippen LogP contribution >= 0.6 is 11.3 Å². The van der Waals surface area contributed by atoms with Crippen molar-refractivity contribution in [1.29, 1.82) is 0 Å². The zero-order valence-corrected chi connectivity index (χ0v) is 19.9. The molecule has 4 unspecified atom stereocenters. The zero-order chi connectivity index (χ0) is 22.8. The van der Waals surface area contributed by atoms with Crippen molar-refractivity contribution in [3.05, 3.63) is 65.3 Å². The van der Waals surface area contributed by atoms with Crippen LogP contribution in [0.3, 0.4) is 0 Å². The van der Waals surface area contributed by atoms with Crippen LogP contribution in [0.4, 0.5) is 5.82 Å². The Hall–Kier alpha value is -2.77. The molecule has 5 rings (SSSR count). The molecule has 0 saturated carbocycles. The van der Waals surface area contributed by atoms with Crippen molar-refractivity contribution in [3.8, 4) is 0 Å². The Morgan fingerprint density at radius 3 is 2.67 bits per heavy atom. The smallest absolute Gasteiger partial charge is 0.224 e. The lowest BCUT2D eigenvalue weighted by Crippen LogP contribution is -2.45. The minimum Gasteiger partial charge on any atom is -0.372 e. The molecule has 1 aliphatic heterocycles. The van der Waals surface area contributed by atoms with Crippen molar-refractivity contribution in [3.63, 3.8) is 0 Å². The van der Waals surface area contributed by atoms with Gasteiger partial charge in [0.25, 0.3) is 0 Å². The van der Waals surface area contributed by atoms with Gasteiger partial charge in [0, 0.05) is 31.7 Å². The number of thiazole rings is 1. The highest BCUT2D eigenvalue weighted by molar-refractivity contribution is 7.18. The van der Waals surface area contributed by atoms with Gasteiger partial charge in [-0.2, -0.15) is 0 Å². The number of carbonyl (C=O) groups excluding carboxylic acids is 1. The molecule has 2 aromatic heterocycles. The summed E-state index contributed by atoms with van der Waals surface area (Å²) < 4.78 is 6.99. The molecule has 1 fully saturated rings. The second-order valence-electron chi connectivity index (χ2n) is 9.08. The summed E-state index contributed by atoms with van der Waals surface area (Å²) in [6, 6.07) is 12.3. The number of carbonyl (C=O) groups is 1. The predicted octanol–water partition coefficient (Wildman–Crippen LogP) is 4.67. The number of hydrogen-bond donors (Lipinski definition) is 1. The maximum atomic E-state index is 13.1. The van der Waals surface area contributed by atoms with Gasteiger partial charge in [-0.3, -0.25) is 4.79 Å². The van der Waals surface area contributed by atoms with Crippen molar-refractivity contribution < 1.29 is 9.53 Å². The number of benzene rings is 1. The molecule has 1 saturated heterocycles. The molecule has 3 aromatic rings. The average Bonchev–Trinajstić information content (AvgIpc) is 3.26. The normalized spacial score (nSPS) is 25.3. The molecule has 1 aliphatic carbocycles. The molecule has 3 heterocycles. The van der Waals surface area contributed by atoms with Crippen LogP contribution in [-0.4, -0.2) is 41.2 Å². The minimum absolute atomic E-state index is 0.0866. The number of allylic oxidation sites excluding steroid dienone is 2. The van der Waals surface area contributed by atoms with Crippen LogP contribution in [0, 0.1) is 5.92 Å². The van der Waals surface area contributed by atoms with Crippen LogP contribution in [0.15, 0.2) is 54.7 Å². The molecule has 0 bridgehead atoms. The van der Waals surface area contributed by atoms with Gasteiger partial charge in [0.15, 0.2) is 0 Å². The summed E-state index contributed by atoms with van der Waals surface area (Å²) in [5, 5.41) is 4.20. The molecular formula is C26H30N4O2S. The van der Waals surface area contributed by atoms with Crippen LogP contribution in [0.1, 0.15) is 43.2 Å². The molecule has 1 N–H and O–H groups in total. The Labute approximate surface area is 198 Å². The molecule has 4 atom stereocenters. The number of fused-ring (bicyclic) bond motifs is 1. The number of hydrogen-bond acceptors (Lipinski definition) is 6. The summed E-state index contributed by atoms with van der Waals surface area (Å²) in [6.07, 6.45) is 8.16. The van der Waals surface area contributed by atoms with E-state index in [2.05, 4.69) is 53.3 Å². The number of amides is 1. The first-order valence-corrected chi connectivity index (χ1v) is 12.5. The van der Waals surface area contributed by atoms with Crippen molar-refractivity contribution in [1.82, 2.24) is 15.3 Å². The fourth-order valence-corrected chi connectivity index (χ4v) is 5.97. The van der Waals surface area contributed by atoms with Crippen LogP contribution in [0.2, 0.25) is 0 Å². The Bertz CT molecular complexity index is 1100. The first-order valence-electron chi connectivity index (χ1n) is 11.7. The summed E-state index contributed by atoms with van der Waals surface area (Å²) >= 11 is 1.71. The van der Waals surface area contributed by atoms with Gasteiger partial charge in [0.1, 0.15) is 5.82 Å². The Kier molecular flexibility index (Phi) is 6.42. The lowest BCUT2D eigenvalue weighted by atomic mass is 9.82. The lowest BCUT2D eigenvalue weighted by Gasteiger charge is -2.36. The number of rotatable bonds is 5. The third kappa shape index (κ3) is 4.94. The molecule has 1 amide bonds. The summed E-state index contributed by atoms with van der Waals surface area (Å²) in [5.74, 6) is 1.07. The maximum absolute atomic E-state index is 13.1. The first kappa shape index (κ1) is 22.0. The lowest BCUT2D eigenvalue weighted by molar-refractivity contribution is -0.125. The third-order valence-electron chi connectivity index (χ3n) is 6.42. The topological polar surface area (TPSA) is 67.4 Å². The van der Waals surface area contributed by atoms with E-state index >= 15 is 0 Å². The van der Waals surface area contributed by atoms with Crippen molar-refractivity contribution in [2.75, 3.05) is 18.0 Å². The number of anilines is 1. The molecule has 172 valence electrons. The van der Waals surface area contributed by atoms with E-state index in [1.807, 2.05) is 30.5 Å². The molecule has 2 aliphatic rings. The Morgan fingerprint density at radius 2 is 1.91 bits per heavy atom. The molecular weight excluding hydrogens is 432 g/mol. The number of morpholine rings is 1.